The van der Waals surface area contributed by atoms with Gasteiger partial charge in [0.15, 0.2) is 0 Å². The van der Waals surface area contributed by atoms with Crippen molar-refractivity contribution < 1.29 is 19.2 Å². The van der Waals surface area contributed by atoms with Crippen LogP contribution in [0.4, 0.5) is 5.69 Å². The smallest absolute Gasteiger partial charge is 0.374 e. The number of hydrogen-bond donors (Lipinski definition) is 1. The standard InChI is InChI=1S/C15H16N2O4/c1-20-13-5-4-10(17-6-2-3-7-17)8-11(13)12-9-14(15(18)19)21-16-12/h4-5,8-9H,2-3,6-7H2,1H3,(H,18,19). The summed E-state index contributed by atoms with van der Waals surface area (Å²) in [4.78, 5) is 13.2. The molecule has 1 aromatic heterocycles. The van der Waals surface area contributed by atoms with Crippen molar-refractivity contribution in [2.75, 3.05) is 25.1 Å². The van der Waals surface area contributed by atoms with Gasteiger partial charge in [0.25, 0.3) is 0 Å². The van der Waals surface area contributed by atoms with Crippen LogP contribution in [0.2, 0.25) is 0 Å². The molecule has 1 aliphatic rings. The lowest BCUT2D eigenvalue weighted by Gasteiger charge is -2.19. The summed E-state index contributed by atoms with van der Waals surface area (Å²) in [6.45, 7) is 2.07. The summed E-state index contributed by atoms with van der Waals surface area (Å²) < 4.78 is 10.2. The summed E-state index contributed by atoms with van der Waals surface area (Å²) in [6, 6.07) is 7.26. The molecule has 2 heterocycles. The number of nitrogens with zero attached hydrogens (tertiary/aromatic N) is 2. The SMILES string of the molecule is COc1ccc(N2CCCC2)cc1-c1cc(C(=O)O)on1. The molecule has 0 atom stereocenters. The zero-order valence-electron chi connectivity index (χ0n) is 11.7. The Labute approximate surface area is 121 Å². The first-order valence-electron chi connectivity index (χ1n) is 6.82. The third-order valence-electron chi connectivity index (χ3n) is 3.65. The zero-order valence-corrected chi connectivity index (χ0v) is 11.7. The molecule has 2 aromatic rings. The molecule has 0 unspecified atom stereocenters. The van der Waals surface area contributed by atoms with Gasteiger partial charge in [-0.1, -0.05) is 5.16 Å². The van der Waals surface area contributed by atoms with Crippen LogP contribution in [0.25, 0.3) is 11.3 Å². The van der Waals surface area contributed by atoms with Gasteiger partial charge in [0.1, 0.15) is 11.4 Å². The summed E-state index contributed by atoms with van der Waals surface area (Å²) in [5, 5.41) is 12.8. The van der Waals surface area contributed by atoms with Crippen molar-refractivity contribution in [2.45, 2.75) is 12.8 Å². The number of anilines is 1. The molecule has 1 aromatic carbocycles. The number of hydrogen-bond acceptors (Lipinski definition) is 5. The summed E-state index contributed by atoms with van der Waals surface area (Å²) in [5.41, 5.74) is 2.28. The number of benzene rings is 1. The highest BCUT2D eigenvalue weighted by atomic mass is 16.5. The van der Waals surface area contributed by atoms with Crippen LogP contribution in [0.3, 0.4) is 0 Å². The number of carboxylic acids is 1. The predicted molar refractivity (Wildman–Crippen MR) is 76.9 cm³/mol. The van der Waals surface area contributed by atoms with Crippen LogP contribution in [0.1, 0.15) is 23.4 Å². The Kier molecular flexibility index (Phi) is 3.51. The summed E-state index contributed by atoms with van der Waals surface area (Å²) in [7, 11) is 1.58. The van der Waals surface area contributed by atoms with Crippen LogP contribution >= 0.6 is 0 Å². The maximum absolute atomic E-state index is 10.9. The van der Waals surface area contributed by atoms with E-state index < -0.39 is 5.97 Å². The van der Waals surface area contributed by atoms with Crippen molar-refractivity contribution in [1.29, 1.82) is 0 Å². The molecule has 0 radical (unpaired) electrons. The minimum atomic E-state index is -1.14. The fourth-order valence-corrected chi connectivity index (χ4v) is 2.57. The van der Waals surface area contributed by atoms with E-state index in [-0.39, 0.29) is 5.76 Å². The molecule has 0 aliphatic carbocycles. The highest BCUT2D eigenvalue weighted by molar-refractivity contribution is 5.86. The van der Waals surface area contributed by atoms with Crippen LogP contribution in [0, 0.1) is 0 Å². The van der Waals surface area contributed by atoms with E-state index in [1.165, 1.54) is 18.9 Å². The Morgan fingerprint density at radius 1 is 1.33 bits per heavy atom. The molecule has 1 fully saturated rings. The highest BCUT2D eigenvalue weighted by Gasteiger charge is 2.18. The lowest BCUT2D eigenvalue weighted by molar-refractivity contribution is 0.0652. The van der Waals surface area contributed by atoms with Gasteiger partial charge < -0.3 is 19.3 Å². The first-order chi connectivity index (χ1) is 10.2. The molecule has 6 heteroatoms. The van der Waals surface area contributed by atoms with E-state index in [1.54, 1.807) is 7.11 Å². The topological polar surface area (TPSA) is 75.8 Å². The lowest BCUT2D eigenvalue weighted by Crippen LogP contribution is -2.17. The number of aromatic carboxylic acids is 1. The maximum atomic E-state index is 10.9. The van der Waals surface area contributed by atoms with Gasteiger partial charge >= 0.3 is 5.97 Å². The maximum Gasteiger partial charge on any atom is 0.374 e. The van der Waals surface area contributed by atoms with Gasteiger partial charge in [0.05, 0.1) is 7.11 Å². The second kappa shape index (κ2) is 5.47. The molecule has 3 rings (SSSR count). The van der Waals surface area contributed by atoms with Gasteiger partial charge in [-0.25, -0.2) is 4.79 Å². The molecule has 110 valence electrons. The Morgan fingerprint density at radius 3 is 2.71 bits per heavy atom. The van der Waals surface area contributed by atoms with Crippen LogP contribution in [-0.2, 0) is 0 Å². The van der Waals surface area contributed by atoms with Gasteiger partial charge in [0.2, 0.25) is 5.76 Å². The summed E-state index contributed by atoms with van der Waals surface area (Å²) >= 11 is 0. The zero-order chi connectivity index (χ0) is 14.8. The molecular weight excluding hydrogens is 272 g/mol. The Balaban J connectivity index is 2.01. The molecule has 0 amide bonds. The van der Waals surface area contributed by atoms with Crippen LogP contribution in [-0.4, -0.2) is 36.4 Å². The van der Waals surface area contributed by atoms with E-state index in [0.717, 1.165) is 24.3 Å². The Bertz CT molecular complexity index is 659. The van der Waals surface area contributed by atoms with Crippen LogP contribution in [0.15, 0.2) is 28.8 Å². The average molecular weight is 288 g/mol. The third-order valence-corrected chi connectivity index (χ3v) is 3.65. The number of aromatic nitrogens is 1. The first kappa shape index (κ1) is 13.5. The molecule has 0 spiro atoms. The number of carbonyl (C=O) groups is 1. The minimum absolute atomic E-state index is 0.182. The van der Waals surface area contributed by atoms with Crippen molar-refractivity contribution in [2.24, 2.45) is 0 Å². The van der Waals surface area contributed by atoms with E-state index in [1.807, 2.05) is 18.2 Å². The van der Waals surface area contributed by atoms with Crippen molar-refractivity contribution >= 4 is 11.7 Å². The molecule has 1 N–H and O–H groups in total. The van der Waals surface area contributed by atoms with Crippen LogP contribution < -0.4 is 9.64 Å². The largest absolute Gasteiger partial charge is 0.496 e. The fraction of sp³-hybridized carbons (Fsp3) is 0.333. The first-order valence-corrected chi connectivity index (χ1v) is 6.82. The van der Waals surface area contributed by atoms with Gasteiger partial charge in [0, 0.05) is 30.4 Å². The fourth-order valence-electron chi connectivity index (χ4n) is 2.57. The Morgan fingerprint density at radius 2 is 2.10 bits per heavy atom. The number of ether oxygens (including phenoxy) is 1. The molecule has 0 saturated carbocycles. The minimum Gasteiger partial charge on any atom is -0.496 e. The van der Waals surface area contributed by atoms with Crippen molar-refractivity contribution in [1.82, 2.24) is 5.16 Å². The van der Waals surface area contributed by atoms with Crippen molar-refractivity contribution in [3.8, 4) is 17.0 Å². The molecule has 1 saturated heterocycles. The summed E-state index contributed by atoms with van der Waals surface area (Å²) in [6.07, 6.45) is 2.38. The van der Waals surface area contributed by atoms with Gasteiger partial charge in [-0.2, -0.15) is 0 Å². The normalized spacial score (nSPS) is 14.4. The quantitative estimate of drug-likeness (QED) is 0.932. The van der Waals surface area contributed by atoms with Gasteiger partial charge in [-0.3, -0.25) is 0 Å². The van der Waals surface area contributed by atoms with E-state index in [9.17, 15) is 4.79 Å². The van der Waals surface area contributed by atoms with Crippen LogP contribution in [0.5, 0.6) is 5.75 Å². The van der Waals surface area contributed by atoms with Crippen molar-refractivity contribution in [3.05, 3.63) is 30.0 Å². The highest BCUT2D eigenvalue weighted by Crippen LogP contribution is 2.34. The molecule has 1 aliphatic heterocycles. The Hall–Kier alpha value is -2.50. The predicted octanol–water partition coefficient (Wildman–Crippen LogP) is 2.65. The van der Waals surface area contributed by atoms with Gasteiger partial charge in [-0.15, -0.1) is 0 Å². The number of rotatable bonds is 4. The second-order valence-corrected chi connectivity index (χ2v) is 4.96. The van der Waals surface area contributed by atoms with Gasteiger partial charge in [-0.05, 0) is 31.0 Å². The van der Waals surface area contributed by atoms with E-state index in [4.69, 9.17) is 14.4 Å². The monoisotopic (exact) mass is 288 g/mol. The molecule has 21 heavy (non-hydrogen) atoms. The number of carboxylic acid groups (broad SMARTS) is 1. The lowest BCUT2D eigenvalue weighted by atomic mass is 10.1. The van der Waals surface area contributed by atoms with E-state index in [0.29, 0.717) is 11.4 Å². The third kappa shape index (κ3) is 2.56. The van der Waals surface area contributed by atoms with E-state index in [2.05, 4.69) is 10.1 Å². The number of methoxy groups -OCH3 is 1. The second-order valence-electron chi connectivity index (χ2n) is 4.96. The molecule has 0 bridgehead atoms. The van der Waals surface area contributed by atoms with E-state index >= 15 is 0 Å². The molecular formula is C15H16N2O4. The molecule has 6 nitrogen and oxygen atoms in total. The summed E-state index contributed by atoms with van der Waals surface area (Å²) in [5.74, 6) is -0.676. The average Bonchev–Trinajstić information content (AvgIpc) is 3.18. The van der Waals surface area contributed by atoms with Crippen molar-refractivity contribution in [3.63, 3.8) is 0 Å².